The van der Waals surface area contributed by atoms with E-state index in [1.54, 1.807) is 48.5 Å². The highest BCUT2D eigenvalue weighted by atomic mass is 35.5. The first-order valence-corrected chi connectivity index (χ1v) is 12.0. The number of halogens is 1. The molecule has 2 aromatic carbocycles. The van der Waals surface area contributed by atoms with Gasteiger partial charge in [-0.1, -0.05) is 35.6 Å². The summed E-state index contributed by atoms with van der Waals surface area (Å²) < 4.78 is 12.2. The maximum absolute atomic E-state index is 13.0. The molecule has 0 aromatic heterocycles. The van der Waals surface area contributed by atoms with Crippen LogP contribution in [0.3, 0.4) is 0 Å². The van der Waals surface area contributed by atoms with Crippen molar-refractivity contribution in [2.75, 3.05) is 18.0 Å². The van der Waals surface area contributed by atoms with Crippen molar-refractivity contribution in [1.29, 1.82) is 0 Å². The largest absolute Gasteiger partial charge is 0.457 e. The van der Waals surface area contributed by atoms with Crippen LogP contribution in [0.15, 0.2) is 48.5 Å². The molecule has 2 heterocycles. The average molecular weight is 491 g/mol. The summed E-state index contributed by atoms with van der Waals surface area (Å²) in [5.41, 5.74) is 0.520. The van der Waals surface area contributed by atoms with Crippen LogP contribution in [0, 0.1) is 0 Å². The summed E-state index contributed by atoms with van der Waals surface area (Å²) in [5, 5.41) is 0.108. The Kier molecular flexibility index (Phi) is 7.05. The van der Waals surface area contributed by atoms with Crippen LogP contribution in [0.1, 0.15) is 20.3 Å². The Morgan fingerprint density at radius 3 is 2.19 bits per heavy atom. The Labute approximate surface area is 201 Å². The van der Waals surface area contributed by atoms with E-state index in [1.165, 1.54) is 16.7 Å². The molecule has 3 atom stereocenters. The van der Waals surface area contributed by atoms with E-state index in [9.17, 15) is 9.59 Å². The predicted molar refractivity (Wildman–Crippen MR) is 131 cm³/mol. The SMILES string of the molecule is C[C@@H]1CN(C(=S)S[C@H]2CC(=O)N(c3ccc(Oc4ccc(Cl)cc4)cc3)C2=O)C[C@@H](C)O1. The van der Waals surface area contributed by atoms with E-state index in [2.05, 4.69) is 4.90 Å². The summed E-state index contributed by atoms with van der Waals surface area (Å²) in [7, 11) is 0. The fourth-order valence-corrected chi connectivity index (χ4v) is 5.39. The summed E-state index contributed by atoms with van der Waals surface area (Å²) in [6, 6.07) is 13.9. The highest BCUT2D eigenvalue weighted by Crippen LogP contribution is 2.33. The number of carbonyl (C=O) groups excluding carboxylic acids is 2. The van der Waals surface area contributed by atoms with Crippen LogP contribution in [0.2, 0.25) is 5.02 Å². The maximum Gasteiger partial charge on any atom is 0.247 e. The van der Waals surface area contributed by atoms with Crippen molar-refractivity contribution >= 4 is 57.4 Å². The quantitative estimate of drug-likeness (QED) is 0.446. The van der Waals surface area contributed by atoms with E-state index >= 15 is 0 Å². The van der Waals surface area contributed by atoms with Crippen LogP contribution in [-0.4, -0.2) is 51.6 Å². The van der Waals surface area contributed by atoms with E-state index in [0.717, 1.165) is 0 Å². The number of morpholine rings is 1. The van der Waals surface area contributed by atoms with Gasteiger partial charge in [0.25, 0.3) is 0 Å². The molecule has 0 aliphatic carbocycles. The Balaban J connectivity index is 1.40. The molecule has 2 fully saturated rings. The summed E-state index contributed by atoms with van der Waals surface area (Å²) >= 11 is 12.8. The second-order valence-electron chi connectivity index (χ2n) is 7.86. The number of hydrogen-bond acceptors (Lipinski definition) is 6. The Morgan fingerprint density at radius 2 is 1.59 bits per heavy atom. The first-order valence-electron chi connectivity index (χ1n) is 10.3. The predicted octanol–water partition coefficient (Wildman–Crippen LogP) is 4.89. The van der Waals surface area contributed by atoms with Gasteiger partial charge < -0.3 is 14.4 Å². The lowest BCUT2D eigenvalue weighted by Crippen LogP contribution is -2.47. The summed E-state index contributed by atoms with van der Waals surface area (Å²) in [5.74, 6) is 0.762. The van der Waals surface area contributed by atoms with Gasteiger partial charge >= 0.3 is 0 Å². The van der Waals surface area contributed by atoms with Crippen molar-refractivity contribution in [1.82, 2.24) is 4.90 Å². The van der Waals surface area contributed by atoms with E-state index in [4.69, 9.17) is 33.3 Å². The molecule has 32 heavy (non-hydrogen) atoms. The van der Waals surface area contributed by atoms with Gasteiger partial charge in [-0.05, 0) is 62.4 Å². The lowest BCUT2D eigenvalue weighted by Gasteiger charge is -2.36. The molecular weight excluding hydrogens is 468 g/mol. The molecule has 168 valence electrons. The summed E-state index contributed by atoms with van der Waals surface area (Å²) in [6.45, 7) is 5.37. The van der Waals surface area contributed by atoms with Crippen molar-refractivity contribution in [2.24, 2.45) is 0 Å². The van der Waals surface area contributed by atoms with E-state index in [-0.39, 0.29) is 30.4 Å². The molecule has 0 radical (unpaired) electrons. The smallest absolute Gasteiger partial charge is 0.247 e. The zero-order valence-electron chi connectivity index (χ0n) is 17.7. The third-order valence-corrected chi connectivity index (χ3v) is 7.08. The number of nitrogens with zero attached hydrogens (tertiary/aromatic N) is 2. The molecule has 2 amide bonds. The molecule has 2 aromatic rings. The van der Waals surface area contributed by atoms with Crippen LogP contribution in [-0.2, 0) is 14.3 Å². The highest BCUT2D eigenvalue weighted by molar-refractivity contribution is 8.23. The molecule has 2 aliphatic rings. The number of imide groups is 1. The molecule has 2 saturated heterocycles. The van der Waals surface area contributed by atoms with Crippen LogP contribution >= 0.6 is 35.6 Å². The molecule has 0 saturated carbocycles. The molecule has 0 unspecified atom stereocenters. The van der Waals surface area contributed by atoms with Gasteiger partial charge in [-0.3, -0.25) is 9.59 Å². The number of anilines is 1. The Morgan fingerprint density at radius 1 is 1.03 bits per heavy atom. The monoisotopic (exact) mass is 490 g/mol. The van der Waals surface area contributed by atoms with Gasteiger partial charge in [0.15, 0.2) is 0 Å². The second kappa shape index (κ2) is 9.79. The van der Waals surface area contributed by atoms with Gasteiger partial charge in [0.1, 0.15) is 21.1 Å². The van der Waals surface area contributed by atoms with E-state index in [1.807, 2.05) is 13.8 Å². The topological polar surface area (TPSA) is 59.1 Å². The molecular formula is C23H23ClN2O4S2. The number of ether oxygens (including phenoxy) is 2. The molecule has 4 rings (SSSR count). The number of hydrogen-bond donors (Lipinski definition) is 0. The zero-order valence-corrected chi connectivity index (χ0v) is 20.1. The van der Waals surface area contributed by atoms with Crippen molar-refractivity contribution < 1.29 is 19.1 Å². The summed E-state index contributed by atoms with van der Waals surface area (Å²) in [4.78, 5) is 28.9. The van der Waals surface area contributed by atoms with Crippen molar-refractivity contribution in [2.45, 2.75) is 37.7 Å². The number of thiocarbonyl (C=S) groups is 1. The first-order chi connectivity index (χ1) is 15.3. The highest BCUT2D eigenvalue weighted by Gasteiger charge is 2.41. The molecule has 6 nitrogen and oxygen atoms in total. The van der Waals surface area contributed by atoms with E-state index in [0.29, 0.717) is 39.6 Å². The minimum Gasteiger partial charge on any atom is -0.457 e. The van der Waals surface area contributed by atoms with Crippen molar-refractivity contribution in [3.05, 3.63) is 53.6 Å². The number of carbonyl (C=O) groups is 2. The van der Waals surface area contributed by atoms with Gasteiger partial charge in [-0.15, -0.1) is 0 Å². The van der Waals surface area contributed by atoms with Crippen LogP contribution in [0.4, 0.5) is 5.69 Å². The van der Waals surface area contributed by atoms with E-state index < -0.39 is 5.25 Å². The molecule has 9 heteroatoms. The minimum atomic E-state index is -0.520. The van der Waals surface area contributed by atoms with Gasteiger partial charge in [0, 0.05) is 24.5 Å². The van der Waals surface area contributed by atoms with Gasteiger partial charge in [0.05, 0.1) is 17.9 Å². The molecule has 0 bridgehead atoms. The number of amides is 2. The average Bonchev–Trinajstić information content (AvgIpc) is 3.02. The molecule has 2 aliphatic heterocycles. The molecule has 0 spiro atoms. The standard InChI is InChI=1S/C23H23ClN2O4S2/c1-14-12-25(13-15(2)29-14)23(31)32-20-11-21(27)26(22(20)28)17-5-9-19(10-6-17)30-18-7-3-16(24)4-8-18/h3-10,14-15,20H,11-13H2,1-2H3/t14-,15-,20+/m1/s1. The van der Waals surface area contributed by atoms with Crippen molar-refractivity contribution in [3.63, 3.8) is 0 Å². The van der Waals surface area contributed by atoms with Crippen LogP contribution in [0.25, 0.3) is 0 Å². The number of benzene rings is 2. The zero-order chi connectivity index (χ0) is 22.8. The lowest BCUT2D eigenvalue weighted by atomic mass is 10.2. The lowest BCUT2D eigenvalue weighted by molar-refractivity contribution is -0.121. The van der Waals surface area contributed by atoms with Crippen molar-refractivity contribution in [3.8, 4) is 11.5 Å². The normalized spacial score (nSPS) is 23.5. The first kappa shape index (κ1) is 23.0. The van der Waals surface area contributed by atoms with Crippen LogP contribution < -0.4 is 9.64 Å². The number of rotatable bonds is 4. The number of thioether (sulfide) groups is 1. The Bertz CT molecular complexity index is 1010. The fraction of sp³-hybridized carbons (Fsp3) is 0.348. The summed E-state index contributed by atoms with van der Waals surface area (Å²) in [6.07, 6.45) is 0.272. The van der Waals surface area contributed by atoms with Gasteiger partial charge in [0.2, 0.25) is 11.8 Å². The van der Waals surface area contributed by atoms with Gasteiger partial charge in [-0.2, -0.15) is 0 Å². The Hall–Kier alpha value is -2.13. The fourth-order valence-electron chi connectivity index (χ4n) is 3.79. The third kappa shape index (κ3) is 5.26. The van der Waals surface area contributed by atoms with Crippen LogP contribution in [0.5, 0.6) is 11.5 Å². The molecule has 0 N–H and O–H groups in total. The second-order valence-corrected chi connectivity index (χ2v) is 10.1. The maximum atomic E-state index is 13.0. The third-order valence-electron chi connectivity index (χ3n) is 5.17. The van der Waals surface area contributed by atoms with Gasteiger partial charge in [-0.25, -0.2) is 4.90 Å². The minimum absolute atomic E-state index is 0.0725.